The van der Waals surface area contributed by atoms with Crippen molar-refractivity contribution < 1.29 is 14.4 Å². The highest BCUT2D eigenvalue weighted by Crippen LogP contribution is 2.31. The molecule has 3 rings (SSSR count). The number of nitrogens with one attached hydrogen (secondary N) is 2. The number of rotatable bonds is 8. The zero-order valence-electron chi connectivity index (χ0n) is 19.8. The standard InChI is InChI=1S/C24H31ClN6O3/c1-30(2)13-14-31(3)24(34)17-8-6-16(7-9-17)22(32)28-19-5-4-12-26-21(19)23(33)29-20-11-10-18(25)15-27-20/h4-5,10-12,15-17H,6-9,13-14H2,1-3H3,(H,28,32)(H,27,29,33). The summed E-state index contributed by atoms with van der Waals surface area (Å²) in [4.78, 5) is 50.4. The molecule has 2 aromatic rings. The first kappa shape index (κ1) is 25.6. The number of pyridine rings is 2. The van der Waals surface area contributed by atoms with E-state index in [-0.39, 0.29) is 29.3 Å². The van der Waals surface area contributed by atoms with Crippen LogP contribution in [0.2, 0.25) is 5.02 Å². The van der Waals surface area contributed by atoms with Gasteiger partial charge >= 0.3 is 0 Å². The molecule has 1 aliphatic rings. The molecule has 0 unspecified atom stereocenters. The maximum atomic E-state index is 12.9. The Kier molecular flexibility index (Phi) is 8.95. The lowest BCUT2D eigenvalue weighted by Crippen LogP contribution is -2.39. The molecule has 1 aliphatic carbocycles. The Hall–Kier alpha value is -3.04. The van der Waals surface area contributed by atoms with E-state index >= 15 is 0 Å². The molecule has 0 atom stereocenters. The summed E-state index contributed by atoms with van der Waals surface area (Å²) in [6, 6.07) is 6.50. The van der Waals surface area contributed by atoms with Crippen LogP contribution in [0.3, 0.4) is 0 Å². The lowest BCUT2D eigenvalue weighted by molar-refractivity contribution is -0.136. The van der Waals surface area contributed by atoms with Crippen LogP contribution in [0.1, 0.15) is 36.2 Å². The van der Waals surface area contributed by atoms with Crippen LogP contribution >= 0.6 is 11.6 Å². The van der Waals surface area contributed by atoms with Crippen LogP contribution in [0, 0.1) is 11.8 Å². The SMILES string of the molecule is CN(C)CCN(C)C(=O)C1CCC(C(=O)Nc2cccnc2C(=O)Nc2ccc(Cl)cn2)CC1. The first-order chi connectivity index (χ1) is 16.2. The smallest absolute Gasteiger partial charge is 0.277 e. The highest BCUT2D eigenvalue weighted by atomic mass is 35.5. The fourth-order valence-electron chi connectivity index (χ4n) is 3.92. The van der Waals surface area contributed by atoms with E-state index in [1.54, 1.807) is 29.2 Å². The van der Waals surface area contributed by atoms with Gasteiger partial charge in [-0.2, -0.15) is 0 Å². The van der Waals surface area contributed by atoms with Crippen LogP contribution in [0.15, 0.2) is 36.7 Å². The molecular weight excluding hydrogens is 456 g/mol. The number of hydrogen-bond donors (Lipinski definition) is 2. The number of carbonyl (C=O) groups excluding carboxylic acids is 3. The zero-order chi connectivity index (χ0) is 24.7. The van der Waals surface area contributed by atoms with Crippen LogP contribution in [0.4, 0.5) is 11.5 Å². The number of carbonyl (C=O) groups is 3. The van der Waals surface area contributed by atoms with Crippen molar-refractivity contribution in [1.82, 2.24) is 19.8 Å². The molecule has 2 N–H and O–H groups in total. The van der Waals surface area contributed by atoms with Crippen molar-refractivity contribution in [2.24, 2.45) is 11.8 Å². The van der Waals surface area contributed by atoms with Crippen LogP contribution < -0.4 is 10.6 Å². The molecule has 0 spiro atoms. The fourth-order valence-corrected chi connectivity index (χ4v) is 4.03. The number of halogens is 1. The summed E-state index contributed by atoms with van der Waals surface area (Å²) >= 11 is 5.83. The number of amides is 3. The molecule has 0 aromatic carbocycles. The molecular formula is C24H31ClN6O3. The second-order valence-corrected chi connectivity index (χ2v) is 9.25. The van der Waals surface area contributed by atoms with Gasteiger partial charge in [-0.3, -0.25) is 14.4 Å². The van der Waals surface area contributed by atoms with Crippen molar-refractivity contribution in [2.45, 2.75) is 25.7 Å². The van der Waals surface area contributed by atoms with Crippen molar-refractivity contribution in [1.29, 1.82) is 0 Å². The van der Waals surface area contributed by atoms with E-state index in [4.69, 9.17) is 11.6 Å². The van der Waals surface area contributed by atoms with E-state index in [9.17, 15) is 14.4 Å². The molecule has 2 heterocycles. The van der Waals surface area contributed by atoms with Crippen molar-refractivity contribution in [3.63, 3.8) is 0 Å². The number of nitrogens with zero attached hydrogens (tertiary/aromatic N) is 4. The predicted molar refractivity (Wildman–Crippen MR) is 132 cm³/mol. The molecule has 10 heteroatoms. The quantitative estimate of drug-likeness (QED) is 0.593. The predicted octanol–water partition coefficient (Wildman–Crippen LogP) is 3.15. The minimum atomic E-state index is -0.485. The minimum absolute atomic E-state index is 0.0529. The minimum Gasteiger partial charge on any atom is -0.344 e. The van der Waals surface area contributed by atoms with Gasteiger partial charge in [0.1, 0.15) is 5.82 Å². The molecule has 1 fully saturated rings. The van der Waals surface area contributed by atoms with Gasteiger partial charge in [0.05, 0.1) is 10.7 Å². The van der Waals surface area contributed by atoms with E-state index in [2.05, 4.69) is 20.6 Å². The summed E-state index contributed by atoms with van der Waals surface area (Å²) in [7, 11) is 5.79. The van der Waals surface area contributed by atoms with E-state index in [0.717, 1.165) is 6.54 Å². The van der Waals surface area contributed by atoms with E-state index < -0.39 is 5.91 Å². The van der Waals surface area contributed by atoms with Gasteiger partial charge in [0.2, 0.25) is 11.8 Å². The Morgan fingerprint density at radius 1 is 0.971 bits per heavy atom. The Labute approximate surface area is 204 Å². The van der Waals surface area contributed by atoms with Gasteiger partial charge in [0.25, 0.3) is 5.91 Å². The summed E-state index contributed by atoms with van der Waals surface area (Å²) in [6.07, 6.45) is 5.51. The normalized spacial score (nSPS) is 17.8. The second kappa shape index (κ2) is 11.9. The number of anilines is 2. The fraction of sp³-hybridized carbons (Fsp3) is 0.458. The Bertz CT molecular complexity index is 1010. The Morgan fingerprint density at radius 2 is 1.68 bits per heavy atom. The second-order valence-electron chi connectivity index (χ2n) is 8.82. The monoisotopic (exact) mass is 486 g/mol. The molecule has 1 saturated carbocycles. The largest absolute Gasteiger partial charge is 0.344 e. The summed E-state index contributed by atoms with van der Waals surface area (Å²) in [6.45, 7) is 1.50. The third-order valence-electron chi connectivity index (χ3n) is 5.96. The van der Waals surface area contributed by atoms with Gasteiger partial charge in [-0.15, -0.1) is 0 Å². The van der Waals surface area contributed by atoms with Gasteiger partial charge < -0.3 is 20.4 Å². The van der Waals surface area contributed by atoms with Gasteiger partial charge in [-0.05, 0) is 64.0 Å². The van der Waals surface area contributed by atoms with Crippen molar-refractivity contribution in [3.05, 3.63) is 47.4 Å². The first-order valence-electron chi connectivity index (χ1n) is 11.3. The van der Waals surface area contributed by atoms with Gasteiger partial charge in [0, 0.05) is 44.4 Å². The van der Waals surface area contributed by atoms with Crippen LogP contribution in [0.5, 0.6) is 0 Å². The zero-order valence-corrected chi connectivity index (χ0v) is 20.5. The van der Waals surface area contributed by atoms with E-state index in [1.165, 1.54) is 12.4 Å². The molecule has 0 radical (unpaired) electrons. The molecule has 0 aliphatic heterocycles. The van der Waals surface area contributed by atoms with Crippen molar-refractivity contribution in [2.75, 3.05) is 44.9 Å². The third kappa shape index (κ3) is 6.98. The summed E-state index contributed by atoms with van der Waals surface area (Å²) < 4.78 is 0. The highest BCUT2D eigenvalue weighted by Gasteiger charge is 2.31. The Morgan fingerprint density at radius 3 is 2.32 bits per heavy atom. The summed E-state index contributed by atoms with van der Waals surface area (Å²) in [5.41, 5.74) is 0.430. The van der Waals surface area contributed by atoms with Crippen molar-refractivity contribution in [3.8, 4) is 0 Å². The number of likely N-dealkylation sites (N-methyl/N-ethyl adjacent to an activating group) is 2. The first-order valence-corrected chi connectivity index (χ1v) is 11.7. The molecule has 34 heavy (non-hydrogen) atoms. The maximum absolute atomic E-state index is 12.9. The maximum Gasteiger partial charge on any atom is 0.277 e. The van der Waals surface area contributed by atoms with E-state index in [0.29, 0.717) is 48.8 Å². The summed E-state index contributed by atoms with van der Waals surface area (Å²) in [5.74, 6) is -0.453. The number of aromatic nitrogens is 2. The molecule has 182 valence electrons. The Balaban J connectivity index is 1.56. The number of hydrogen-bond acceptors (Lipinski definition) is 6. The average molecular weight is 487 g/mol. The average Bonchev–Trinajstić information content (AvgIpc) is 2.83. The third-order valence-corrected chi connectivity index (χ3v) is 6.18. The molecule has 9 nitrogen and oxygen atoms in total. The van der Waals surface area contributed by atoms with Gasteiger partial charge in [-0.25, -0.2) is 9.97 Å². The van der Waals surface area contributed by atoms with E-state index in [1.807, 2.05) is 26.0 Å². The highest BCUT2D eigenvalue weighted by molar-refractivity contribution is 6.30. The van der Waals surface area contributed by atoms with Crippen LogP contribution in [-0.4, -0.2) is 71.7 Å². The van der Waals surface area contributed by atoms with Crippen LogP contribution in [-0.2, 0) is 9.59 Å². The lowest BCUT2D eigenvalue weighted by Gasteiger charge is -2.30. The van der Waals surface area contributed by atoms with Crippen molar-refractivity contribution >= 4 is 40.8 Å². The van der Waals surface area contributed by atoms with Gasteiger partial charge in [0.15, 0.2) is 5.69 Å². The molecule has 0 bridgehead atoms. The summed E-state index contributed by atoms with van der Waals surface area (Å²) in [5, 5.41) is 5.97. The molecule has 2 aromatic heterocycles. The van der Waals surface area contributed by atoms with Crippen LogP contribution in [0.25, 0.3) is 0 Å². The lowest BCUT2D eigenvalue weighted by atomic mass is 9.81. The molecule has 0 saturated heterocycles. The van der Waals surface area contributed by atoms with Gasteiger partial charge in [-0.1, -0.05) is 11.6 Å². The topological polar surface area (TPSA) is 108 Å². The molecule has 3 amide bonds.